The number of hydrogen-bond donors (Lipinski definition) is 1. The van der Waals surface area contributed by atoms with E-state index in [4.69, 9.17) is 26.1 Å². The molecule has 1 aliphatic rings. The van der Waals surface area contributed by atoms with E-state index >= 15 is 0 Å². The predicted octanol–water partition coefficient (Wildman–Crippen LogP) is 5.01. The van der Waals surface area contributed by atoms with E-state index < -0.39 is 12.3 Å². The molecule has 2 heterocycles. The van der Waals surface area contributed by atoms with Gasteiger partial charge in [0.15, 0.2) is 12.0 Å². The normalized spacial score (nSPS) is 14.3. The minimum Gasteiger partial charge on any atom is -0.497 e. The van der Waals surface area contributed by atoms with Crippen molar-refractivity contribution in [2.24, 2.45) is 4.99 Å². The van der Waals surface area contributed by atoms with Crippen LogP contribution in [-0.4, -0.2) is 33.7 Å². The highest BCUT2D eigenvalue weighted by Gasteiger charge is 2.30. The van der Waals surface area contributed by atoms with Crippen molar-refractivity contribution in [3.8, 4) is 11.4 Å². The quantitative estimate of drug-likeness (QED) is 0.427. The summed E-state index contributed by atoms with van der Waals surface area (Å²) in [5.74, 6) is 1.80. The minimum atomic E-state index is -0.844. The average molecular weight is 488 g/mol. The zero-order valence-corrected chi connectivity index (χ0v) is 19.9. The Labute approximate surface area is 207 Å². The SMILES string of the molecule is COc1ccc2c(c1)C(c1ccc(Cl)cc1)=NC(NC(=O)OCc1ccccc1)c1nnc(C)n1-2. The number of nitrogens with one attached hydrogen (secondary N) is 1. The van der Waals surface area contributed by atoms with Gasteiger partial charge >= 0.3 is 6.09 Å². The lowest BCUT2D eigenvalue weighted by Crippen LogP contribution is -2.30. The number of carbonyl (C=O) groups excluding carboxylic acids is 1. The number of aromatic nitrogens is 3. The maximum Gasteiger partial charge on any atom is 0.409 e. The van der Waals surface area contributed by atoms with Crippen molar-refractivity contribution in [1.82, 2.24) is 20.1 Å². The van der Waals surface area contributed by atoms with E-state index in [1.807, 2.05) is 72.2 Å². The fourth-order valence-electron chi connectivity index (χ4n) is 3.95. The molecule has 0 aliphatic carbocycles. The third-order valence-corrected chi connectivity index (χ3v) is 5.89. The lowest BCUT2D eigenvalue weighted by Gasteiger charge is -2.14. The van der Waals surface area contributed by atoms with Gasteiger partial charge < -0.3 is 9.47 Å². The molecule has 0 bridgehead atoms. The third kappa shape index (κ3) is 4.61. The molecular weight excluding hydrogens is 466 g/mol. The van der Waals surface area contributed by atoms with Crippen LogP contribution in [-0.2, 0) is 11.3 Å². The summed E-state index contributed by atoms with van der Waals surface area (Å²) in [6.45, 7) is 1.98. The number of ether oxygens (including phenoxy) is 2. The summed E-state index contributed by atoms with van der Waals surface area (Å²) in [5, 5.41) is 12.0. The Morgan fingerprint density at radius 3 is 2.57 bits per heavy atom. The molecule has 8 nitrogen and oxygen atoms in total. The van der Waals surface area contributed by atoms with Gasteiger partial charge in [0.05, 0.1) is 18.5 Å². The first kappa shape index (κ1) is 22.6. The molecule has 0 spiro atoms. The Morgan fingerprint density at radius 2 is 1.83 bits per heavy atom. The van der Waals surface area contributed by atoms with E-state index in [9.17, 15) is 4.79 Å². The van der Waals surface area contributed by atoms with Gasteiger partial charge in [-0.1, -0.05) is 54.1 Å². The third-order valence-electron chi connectivity index (χ3n) is 5.64. The number of rotatable bonds is 5. The number of aliphatic imine (C=N–C) groups is 1. The molecule has 35 heavy (non-hydrogen) atoms. The fourth-order valence-corrected chi connectivity index (χ4v) is 4.07. The summed E-state index contributed by atoms with van der Waals surface area (Å²) >= 11 is 6.13. The topological polar surface area (TPSA) is 90.6 Å². The number of alkyl carbamates (subject to hydrolysis) is 1. The summed E-state index contributed by atoms with van der Waals surface area (Å²) < 4.78 is 12.8. The molecule has 5 rings (SSSR count). The zero-order valence-electron chi connectivity index (χ0n) is 19.1. The second kappa shape index (κ2) is 9.60. The van der Waals surface area contributed by atoms with E-state index in [2.05, 4.69) is 15.5 Å². The largest absolute Gasteiger partial charge is 0.497 e. The summed E-state index contributed by atoms with van der Waals surface area (Å²) in [6.07, 6.45) is -1.46. The van der Waals surface area contributed by atoms with E-state index in [1.165, 1.54) is 0 Å². The number of hydrogen-bond acceptors (Lipinski definition) is 6. The van der Waals surface area contributed by atoms with Crippen molar-refractivity contribution in [3.63, 3.8) is 0 Å². The second-order valence-electron chi connectivity index (χ2n) is 7.92. The summed E-state index contributed by atoms with van der Waals surface area (Å²) in [5.41, 5.74) is 3.97. The predicted molar refractivity (Wildman–Crippen MR) is 132 cm³/mol. The highest BCUT2D eigenvalue weighted by molar-refractivity contribution is 6.30. The molecule has 9 heteroatoms. The molecule has 1 N–H and O–H groups in total. The van der Waals surface area contributed by atoms with E-state index in [1.54, 1.807) is 19.2 Å². The lowest BCUT2D eigenvalue weighted by atomic mass is 10.00. The van der Waals surface area contributed by atoms with Crippen LogP contribution in [0.5, 0.6) is 5.75 Å². The first-order valence-electron chi connectivity index (χ1n) is 10.9. The molecule has 1 atom stereocenters. The van der Waals surface area contributed by atoms with Gasteiger partial charge in [0.25, 0.3) is 0 Å². The number of halogens is 1. The zero-order chi connectivity index (χ0) is 24.4. The molecule has 1 unspecified atom stereocenters. The molecule has 0 saturated carbocycles. The Bertz CT molecular complexity index is 1400. The molecule has 0 saturated heterocycles. The van der Waals surface area contributed by atoms with Gasteiger partial charge in [0, 0.05) is 16.1 Å². The smallest absolute Gasteiger partial charge is 0.409 e. The highest BCUT2D eigenvalue weighted by Crippen LogP contribution is 2.32. The molecule has 0 radical (unpaired) electrons. The van der Waals surface area contributed by atoms with Crippen molar-refractivity contribution < 1.29 is 14.3 Å². The highest BCUT2D eigenvalue weighted by atomic mass is 35.5. The van der Waals surface area contributed by atoms with Gasteiger partial charge in [-0.15, -0.1) is 10.2 Å². The minimum absolute atomic E-state index is 0.135. The monoisotopic (exact) mass is 487 g/mol. The maximum atomic E-state index is 12.8. The van der Waals surface area contributed by atoms with E-state index in [0.717, 1.165) is 22.4 Å². The Hall–Kier alpha value is -4.17. The summed E-state index contributed by atoms with van der Waals surface area (Å²) in [7, 11) is 1.61. The van der Waals surface area contributed by atoms with Crippen molar-refractivity contribution in [2.75, 3.05) is 7.11 Å². The Morgan fingerprint density at radius 1 is 1.06 bits per heavy atom. The number of amides is 1. The first-order valence-corrected chi connectivity index (χ1v) is 11.3. The maximum absolute atomic E-state index is 12.8. The summed E-state index contributed by atoms with van der Waals surface area (Å²) in [4.78, 5) is 17.7. The molecule has 176 valence electrons. The molecule has 1 aromatic heterocycles. The van der Waals surface area contributed by atoms with Crippen LogP contribution in [0.2, 0.25) is 5.02 Å². The lowest BCUT2D eigenvalue weighted by molar-refractivity contribution is 0.135. The van der Waals surface area contributed by atoms with Gasteiger partial charge in [-0.25, -0.2) is 4.79 Å². The average Bonchev–Trinajstić information content (AvgIpc) is 3.21. The number of benzene rings is 3. The van der Waals surface area contributed by atoms with Crippen molar-refractivity contribution >= 4 is 23.4 Å². The van der Waals surface area contributed by atoms with Gasteiger partial charge in [-0.05, 0) is 42.8 Å². The molecular formula is C26H22ClN5O3. The van der Waals surface area contributed by atoms with Gasteiger partial charge in [0.1, 0.15) is 18.2 Å². The number of carbonyl (C=O) groups is 1. The second-order valence-corrected chi connectivity index (χ2v) is 8.35. The number of methoxy groups -OCH3 is 1. The van der Waals surface area contributed by atoms with Crippen LogP contribution in [0.3, 0.4) is 0 Å². The number of fused-ring (bicyclic) bond motifs is 3. The fraction of sp³-hybridized carbons (Fsp3) is 0.154. The Balaban J connectivity index is 1.57. The van der Waals surface area contributed by atoms with Gasteiger partial charge in [-0.3, -0.25) is 14.9 Å². The van der Waals surface area contributed by atoms with Gasteiger partial charge in [0.2, 0.25) is 0 Å². The van der Waals surface area contributed by atoms with Crippen LogP contribution in [0.4, 0.5) is 4.79 Å². The van der Waals surface area contributed by atoms with Crippen LogP contribution >= 0.6 is 11.6 Å². The number of nitrogens with zero attached hydrogens (tertiary/aromatic N) is 4. The van der Waals surface area contributed by atoms with E-state index in [-0.39, 0.29) is 6.61 Å². The molecule has 1 amide bonds. The molecule has 3 aromatic carbocycles. The Kier molecular flexibility index (Phi) is 6.20. The standard InChI is InChI=1S/C26H22ClN5O3/c1-16-30-31-25-24(29-26(33)35-15-17-6-4-3-5-7-17)28-23(18-8-10-19(27)11-9-18)21-14-20(34-2)12-13-22(21)32(16)25/h3-14,24H,15H2,1-2H3,(H,29,33). The van der Waals surface area contributed by atoms with Crippen molar-refractivity contribution in [2.45, 2.75) is 19.7 Å². The molecule has 1 aliphatic heterocycles. The molecule has 0 fully saturated rings. The van der Waals surface area contributed by atoms with Gasteiger partial charge in [-0.2, -0.15) is 0 Å². The van der Waals surface area contributed by atoms with Crippen molar-refractivity contribution in [3.05, 3.63) is 106 Å². The molecule has 4 aromatic rings. The van der Waals surface area contributed by atoms with Crippen LogP contribution in [0.25, 0.3) is 5.69 Å². The van der Waals surface area contributed by atoms with Crippen molar-refractivity contribution in [1.29, 1.82) is 0 Å². The number of aryl methyl sites for hydroxylation is 1. The summed E-state index contributed by atoms with van der Waals surface area (Å²) in [6, 6.07) is 22.5. The van der Waals surface area contributed by atoms with Crippen LogP contribution in [0, 0.1) is 6.92 Å². The van der Waals surface area contributed by atoms with Crippen LogP contribution < -0.4 is 10.1 Å². The first-order chi connectivity index (χ1) is 17.0. The van der Waals surface area contributed by atoms with Crippen LogP contribution in [0.1, 0.15) is 34.5 Å². The van der Waals surface area contributed by atoms with Crippen LogP contribution in [0.15, 0.2) is 77.8 Å². The van der Waals surface area contributed by atoms with E-state index in [0.29, 0.717) is 28.1 Å².